The molecule has 1 aromatic carbocycles. The van der Waals surface area contributed by atoms with Gasteiger partial charge in [0.05, 0.1) is 5.92 Å². The van der Waals surface area contributed by atoms with Crippen LogP contribution in [0.2, 0.25) is 0 Å². The van der Waals surface area contributed by atoms with Crippen molar-refractivity contribution in [3.05, 3.63) is 24.0 Å². The fourth-order valence-corrected chi connectivity index (χ4v) is 3.07. The second-order valence-corrected chi connectivity index (χ2v) is 6.62. The molecule has 0 radical (unpaired) electrons. The van der Waals surface area contributed by atoms with E-state index in [0.717, 1.165) is 13.1 Å². The molecule has 1 atom stereocenters. The van der Waals surface area contributed by atoms with E-state index in [2.05, 4.69) is 4.74 Å². The number of carbonyl (C=O) groups is 1. The van der Waals surface area contributed by atoms with Gasteiger partial charge in [0, 0.05) is 13.6 Å². The molecule has 0 spiro atoms. The van der Waals surface area contributed by atoms with Gasteiger partial charge in [-0.05, 0) is 12.1 Å². The number of carboxylic acid groups (broad SMARTS) is 1. The molecule has 0 aromatic heterocycles. The van der Waals surface area contributed by atoms with Gasteiger partial charge >= 0.3 is 12.3 Å². The van der Waals surface area contributed by atoms with E-state index >= 15 is 0 Å². The lowest BCUT2D eigenvalue weighted by molar-refractivity contribution is -0.275. The van der Waals surface area contributed by atoms with Gasteiger partial charge in [0.2, 0.25) is 10.0 Å². The summed E-state index contributed by atoms with van der Waals surface area (Å²) in [6, 6.07) is 2.16. The Morgan fingerprint density at radius 1 is 1.39 bits per heavy atom. The summed E-state index contributed by atoms with van der Waals surface area (Å²) in [5.74, 6) is -5.13. The van der Waals surface area contributed by atoms with E-state index in [1.165, 1.54) is 6.92 Å². The number of ether oxygens (including phenoxy) is 1. The summed E-state index contributed by atoms with van der Waals surface area (Å²) < 4.78 is 79.3. The molecule has 0 amide bonds. The molecule has 0 heterocycles. The van der Waals surface area contributed by atoms with Crippen LogP contribution in [-0.2, 0) is 14.8 Å². The van der Waals surface area contributed by atoms with Crippen LogP contribution in [0.4, 0.5) is 17.6 Å². The van der Waals surface area contributed by atoms with Crippen molar-refractivity contribution < 1.29 is 40.6 Å². The van der Waals surface area contributed by atoms with Gasteiger partial charge in [-0.3, -0.25) is 4.79 Å². The summed E-state index contributed by atoms with van der Waals surface area (Å²) in [7, 11) is -3.80. The Hall–Kier alpha value is -1.88. The summed E-state index contributed by atoms with van der Waals surface area (Å²) in [5, 5.41) is 8.76. The average molecular weight is 359 g/mol. The third-order valence-electron chi connectivity index (χ3n) is 2.78. The van der Waals surface area contributed by atoms with Crippen molar-refractivity contribution in [3.8, 4) is 5.75 Å². The van der Waals surface area contributed by atoms with E-state index in [1.807, 2.05) is 0 Å². The first-order valence-electron chi connectivity index (χ1n) is 6.09. The average Bonchev–Trinajstić information content (AvgIpc) is 2.35. The maximum Gasteiger partial charge on any atom is 0.573 e. The number of benzene rings is 1. The van der Waals surface area contributed by atoms with Crippen molar-refractivity contribution in [2.45, 2.75) is 18.2 Å². The number of hydrogen-bond acceptors (Lipinski definition) is 4. The highest BCUT2D eigenvalue weighted by Crippen LogP contribution is 2.33. The minimum Gasteiger partial charge on any atom is -0.481 e. The maximum atomic E-state index is 13.8. The number of nitrogens with zero attached hydrogens (tertiary/aromatic N) is 1. The molecule has 0 aliphatic carbocycles. The Labute approximate surface area is 129 Å². The molecule has 0 saturated carbocycles. The van der Waals surface area contributed by atoms with Gasteiger partial charge in [-0.25, -0.2) is 12.8 Å². The minimum absolute atomic E-state index is 0.452. The van der Waals surface area contributed by atoms with Crippen molar-refractivity contribution in [3.63, 3.8) is 0 Å². The zero-order chi connectivity index (χ0) is 18.0. The van der Waals surface area contributed by atoms with E-state index in [0.29, 0.717) is 16.4 Å². The number of alkyl halides is 3. The zero-order valence-corrected chi connectivity index (χ0v) is 12.8. The smallest absolute Gasteiger partial charge is 0.481 e. The predicted octanol–water partition coefficient (Wildman–Crippen LogP) is 2.07. The molecule has 1 aromatic rings. The number of halogens is 4. The predicted molar refractivity (Wildman–Crippen MR) is 69.7 cm³/mol. The molecule has 11 heteroatoms. The zero-order valence-electron chi connectivity index (χ0n) is 12.0. The number of aliphatic carboxylic acids is 1. The summed E-state index contributed by atoms with van der Waals surface area (Å²) >= 11 is 0. The van der Waals surface area contributed by atoms with E-state index in [9.17, 15) is 30.8 Å². The topological polar surface area (TPSA) is 83.9 Å². The van der Waals surface area contributed by atoms with Gasteiger partial charge in [-0.1, -0.05) is 13.0 Å². The van der Waals surface area contributed by atoms with Gasteiger partial charge < -0.3 is 9.84 Å². The highest BCUT2D eigenvalue weighted by atomic mass is 32.2. The largest absolute Gasteiger partial charge is 0.573 e. The van der Waals surface area contributed by atoms with E-state index in [-0.39, 0.29) is 0 Å². The molecule has 6 nitrogen and oxygen atoms in total. The molecule has 0 aliphatic rings. The van der Waals surface area contributed by atoms with E-state index in [1.54, 1.807) is 0 Å². The summed E-state index contributed by atoms with van der Waals surface area (Å²) in [6.07, 6.45) is -5.22. The van der Waals surface area contributed by atoms with Gasteiger partial charge in [0.25, 0.3) is 0 Å². The first-order valence-corrected chi connectivity index (χ1v) is 7.53. The van der Waals surface area contributed by atoms with Gasteiger partial charge in [0.15, 0.2) is 10.6 Å². The van der Waals surface area contributed by atoms with Crippen LogP contribution in [0.1, 0.15) is 6.92 Å². The van der Waals surface area contributed by atoms with Gasteiger partial charge in [-0.15, -0.1) is 13.2 Å². The van der Waals surface area contributed by atoms with E-state index in [4.69, 9.17) is 5.11 Å². The molecular formula is C12H13F4NO5S. The highest BCUT2D eigenvalue weighted by Gasteiger charge is 2.37. The van der Waals surface area contributed by atoms with Crippen molar-refractivity contribution in [2.75, 3.05) is 13.6 Å². The van der Waals surface area contributed by atoms with Crippen molar-refractivity contribution in [1.82, 2.24) is 4.31 Å². The van der Waals surface area contributed by atoms with Crippen LogP contribution in [0.3, 0.4) is 0 Å². The van der Waals surface area contributed by atoms with Crippen LogP contribution in [0.15, 0.2) is 23.1 Å². The molecule has 23 heavy (non-hydrogen) atoms. The number of hydrogen-bond donors (Lipinski definition) is 1. The van der Waals surface area contributed by atoms with Gasteiger partial charge in [0.1, 0.15) is 5.82 Å². The first-order chi connectivity index (χ1) is 10.4. The lowest BCUT2D eigenvalue weighted by Gasteiger charge is -2.21. The van der Waals surface area contributed by atoms with Crippen molar-refractivity contribution >= 4 is 16.0 Å². The SMILES string of the molecule is CC(CN(C)S(=O)(=O)c1c(F)cccc1OC(F)(F)F)C(=O)O. The first kappa shape index (κ1) is 19.2. The standard InChI is InChI=1S/C12H13F4NO5S/c1-7(11(18)19)6-17(2)23(20,21)10-8(13)4-3-5-9(10)22-12(14,15)16/h3-5,7H,6H2,1-2H3,(H,18,19). The molecule has 1 N–H and O–H groups in total. The van der Waals surface area contributed by atoms with Crippen LogP contribution in [0.25, 0.3) is 0 Å². The Bertz CT molecular complexity index is 689. The van der Waals surface area contributed by atoms with E-state index < -0.39 is 51.3 Å². The Morgan fingerprint density at radius 2 is 1.96 bits per heavy atom. The molecule has 1 unspecified atom stereocenters. The molecule has 0 aliphatic heterocycles. The molecule has 0 fully saturated rings. The fraction of sp³-hybridized carbons (Fsp3) is 0.417. The molecular weight excluding hydrogens is 346 g/mol. The van der Waals surface area contributed by atoms with Crippen molar-refractivity contribution in [1.29, 1.82) is 0 Å². The number of rotatable bonds is 6. The fourth-order valence-electron chi connectivity index (χ4n) is 1.66. The summed E-state index contributed by atoms with van der Waals surface area (Å²) in [6.45, 7) is 0.639. The van der Waals surface area contributed by atoms with Crippen LogP contribution in [0, 0.1) is 11.7 Å². The highest BCUT2D eigenvalue weighted by molar-refractivity contribution is 7.89. The Balaban J connectivity index is 3.30. The lowest BCUT2D eigenvalue weighted by Crippen LogP contribution is -2.34. The van der Waals surface area contributed by atoms with Crippen LogP contribution in [-0.4, -0.2) is 43.8 Å². The third kappa shape index (κ3) is 4.79. The molecule has 1 rings (SSSR count). The normalized spacial score (nSPS) is 13.9. The number of carboxylic acids is 1. The number of sulfonamides is 1. The minimum atomic E-state index is -5.22. The quantitative estimate of drug-likeness (QED) is 0.786. The summed E-state index contributed by atoms with van der Waals surface area (Å²) in [4.78, 5) is 9.44. The lowest BCUT2D eigenvalue weighted by atomic mass is 10.2. The molecule has 130 valence electrons. The second kappa shape index (κ2) is 6.71. The second-order valence-electron chi connectivity index (χ2n) is 4.64. The van der Waals surface area contributed by atoms with Crippen LogP contribution < -0.4 is 4.74 Å². The monoisotopic (exact) mass is 359 g/mol. The van der Waals surface area contributed by atoms with Gasteiger partial charge in [-0.2, -0.15) is 4.31 Å². The third-order valence-corrected chi connectivity index (χ3v) is 4.66. The maximum absolute atomic E-state index is 13.8. The Kier molecular flexibility index (Phi) is 5.59. The Morgan fingerprint density at radius 3 is 2.43 bits per heavy atom. The molecule has 0 bridgehead atoms. The summed E-state index contributed by atoms with van der Waals surface area (Å²) in [5.41, 5.74) is 0. The van der Waals surface area contributed by atoms with Crippen LogP contribution in [0.5, 0.6) is 5.75 Å². The van der Waals surface area contributed by atoms with Crippen molar-refractivity contribution in [2.24, 2.45) is 5.92 Å². The van der Waals surface area contributed by atoms with Crippen LogP contribution >= 0.6 is 0 Å². The molecule has 0 saturated heterocycles.